The quantitative estimate of drug-likeness (QED) is 0.0223. The SMILES string of the molecule is CCCCCCCCCCCCCCCCCCOc1cc(C(=O)n2c(=O)ccn([C@@H]3O[C@H](COC(c4ccccc4)(c4ccc(OC)cc4)c4ccc(OC)cc4)[C@H](OC(=O)CCC(C)=O)C3OC)c2=O)cc(C)c1C. The molecule has 1 aromatic heterocycles. The van der Waals surface area contributed by atoms with Gasteiger partial charge >= 0.3 is 11.7 Å². The van der Waals surface area contributed by atoms with E-state index in [1.807, 2.05) is 92.7 Å². The predicted octanol–water partition coefficient (Wildman–Crippen LogP) is 12.2. The fraction of sp³-hybridized carbons (Fsp3) is 0.508. The van der Waals surface area contributed by atoms with Gasteiger partial charge in [-0.1, -0.05) is 158 Å². The maximum absolute atomic E-state index is 14.7. The Bertz CT molecular complexity index is 2700. The molecule has 0 saturated carbocycles. The highest BCUT2D eigenvalue weighted by Gasteiger charge is 2.51. The molecule has 1 saturated heterocycles. The van der Waals surface area contributed by atoms with Crippen molar-refractivity contribution in [3.8, 4) is 17.2 Å². The van der Waals surface area contributed by atoms with Gasteiger partial charge in [0.25, 0.3) is 11.5 Å². The summed E-state index contributed by atoms with van der Waals surface area (Å²) >= 11 is 0. The molecule has 0 bridgehead atoms. The average Bonchev–Trinajstić information content (AvgIpc) is 3.78. The molecule has 1 aliphatic rings. The highest BCUT2D eigenvalue weighted by atomic mass is 16.6. The van der Waals surface area contributed by atoms with Gasteiger partial charge in [-0.3, -0.25) is 19.0 Å². The van der Waals surface area contributed by atoms with Crippen molar-refractivity contribution >= 4 is 17.7 Å². The number of ketones is 1. The minimum Gasteiger partial charge on any atom is -0.497 e. The first kappa shape index (κ1) is 59.9. The van der Waals surface area contributed by atoms with Crippen LogP contribution in [-0.4, -0.2) is 79.6 Å². The molecule has 77 heavy (non-hydrogen) atoms. The Kier molecular flexibility index (Phi) is 23.8. The van der Waals surface area contributed by atoms with Crippen LogP contribution >= 0.6 is 0 Å². The Hall–Kier alpha value is -6.35. The number of aromatic nitrogens is 2. The normalized spacial score (nSPS) is 16.3. The maximum atomic E-state index is 14.7. The van der Waals surface area contributed by atoms with E-state index < -0.39 is 53.3 Å². The first-order chi connectivity index (χ1) is 37.4. The molecule has 0 aliphatic carbocycles. The lowest BCUT2D eigenvalue weighted by atomic mass is 9.80. The summed E-state index contributed by atoms with van der Waals surface area (Å²) in [4.78, 5) is 68.3. The second-order valence-electron chi connectivity index (χ2n) is 20.3. The third kappa shape index (κ3) is 16.1. The lowest BCUT2D eigenvalue weighted by Crippen LogP contribution is -2.46. The number of hydrogen-bond donors (Lipinski definition) is 0. The van der Waals surface area contributed by atoms with Crippen molar-refractivity contribution < 1.29 is 47.5 Å². The van der Waals surface area contributed by atoms with E-state index in [0.29, 0.717) is 28.4 Å². The first-order valence-corrected chi connectivity index (χ1v) is 27.8. The topological polar surface area (TPSA) is 160 Å². The predicted molar refractivity (Wildman–Crippen MR) is 298 cm³/mol. The zero-order valence-electron chi connectivity index (χ0n) is 46.6. The van der Waals surface area contributed by atoms with E-state index in [-0.39, 0.29) is 30.8 Å². The minimum absolute atomic E-state index is 0.0575. The third-order valence-corrected chi connectivity index (χ3v) is 14.8. The summed E-state index contributed by atoms with van der Waals surface area (Å²) in [6, 6.07) is 28.9. The van der Waals surface area contributed by atoms with Crippen molar-refractivity contribution in [3.05, 3.63) is 157 Å². The summed E-state index contributed by atoms with van der Waals surface area (Å²) in [6.45, 7) is 7.63. The van der Waals surface area contributed by atoms with Gasteiger partial charge in [0.1, 0.15) is 40.8 Å². The van der Waals surface area contributed by atoms with Crippen molar-refractivity contribution in [2.75, 3.05) is 34.5 Å². The van der Waals surface area contributed by atoms with Crippen LogP contribution in [0, 0.1) is 13.8 Å². The van der Waals surface area contributed by atoms with Gasteiger partial charge in [-0.25, -0.2) is 4.79 Å². The Morgan fingerprint density at radius 1 is 0.636 bits per heavy atom. The molecule has 1 fully saturated rings. The number of unbranched alkanes of at least 4 members (excludes halogenated alkanes) is 15. The molecule has 0 N–H and O–H groups in total. The van der Waals surface area contributed by atoms with Crippen LogP contribution < -0.4 is 25.5 Å². The van der Waals surface area contributed by atoms with E-state index in [1.165, 1.54) is 104 Å². The number of ether oxygens (including phenoxy) is 7. The van der Waals surface area contributed by atoms with Gasteiger partial charge in [0.05, 0.1) is 33.9 Å². The van der Waals surface area contributed by atoms with Gasteiger partial charge in [0, 0.05) is 31.4 Å². The zero-order valence-corrected chi connectivity index (χ0v) is 46.6. The van der Waals surface area contributed by atoms with Gasteiger partial charge < -0.3 is 38.0 Å². The second kappa shape index (κ2) is 30.6. The van der Waals surface area contributed by atoms with Crippen LogP contribution in [0.25, 0.3) is 0 Å². The van der Waals surface area contributed by atoms with Crippen LogP contribution in [-0.2, 0) is 34.1 Å². The number of carbonyl (C=O) groups is 3. The van der Waals surface area contributed by atoms with Crippen LogP contribution in [0.1, 0.15) is 174 Å². The molecule has 1 aliphatic heterocycles. The first-order valence-electron chi connectivity index (χ1n) is 27.8. The highest BCUT2D eigenvalue weighted by Crippen LogP contribution is 2.43. The minimum atomic E-state index is -1.34. The number of hydrogen-bond acceptors (Lipinski definition) is 12. The Morgan fingerprint density at radius 3 is 1.69 bits per heavy atom. The summed E-state index contributed by atoms with van der Waals surface area (Å²) in [6.07, 6.45) is 16.4. The molecule has 14 heteroatoms. The lowest BCUT2D eigenvalue weighted by molar-refractivity contribution is -0.160. The number of esters is 1. The summed E-state index contributed by atoms with van der Waals surface area (Å²) in [5.74, 6) is 0.0147. The number of carbonyl (C=O) groups excluding carboxylic acids is 3. The molecule has 416 valence electrons. The molecule has 0 amide bonds. The third-order valence-electron chi connectivity index (χ3n) is 14.8. The van der Waals surface area contributed by atoms with E-state index in [2.05, 4.69) is 6.92 Å². The van der Waals surface area contributed by atoms with Gasteiger partial charge in [-0.05, 0) is 91.4 Å². The molecule has 0 radical (unpaired) electrons. The summed E-state index contributed by atoms with van der Waals surface area (Å²) in [7, 11) is 4.55. The molecule has 1 unspecified atom stereocenters. The van der Waals surface area contributed by atoms with Gasteiger partial charge in [-0.15, -0.1) is 0 Å². The van der Waals surface area contributed by atoms with Crippen molar-refractivity contribution in [2.24, 2.45) is 0 Å². The average molecular weight is 1060 g/mol. The van der Waals surface area contributed by atoms with Crippen LogP contribution in [0.2, 0.25) is 0 Å². The molecule has 4 aromatic carbocycles. The number of methoxy groups -OCH3 is 3. The van der Waals surface area contributed by atoms with Crippen molar-refractivity contribution in [3.63, 3.8) is 0 Å². The molecule has 2 heterocycles. The van der Waals surface area contributed by atoms with Crippen molar-refractivity contribution in [2.45, 2.75) is 173 Å². The van der Waals surface area contributed by atoms with E-state index in [1.54, 1.807) is 26.4 Å². The van der Waals surface area contributed by atoms with E-state index in [9.17, 15) is 24.0 Å². The van der Waals surface area contributed by atoms with Gasteiger partial charge in [0.15, 0.2) is 12.3 Å². The summed E-state index contributed by atoms with van der Waals surface area (Å²) in [5.41, 5.74) is 0.751. The number of nitrogens with zero attached hydrogens (tertiary/aromatic N) is 2. The zero-order chi connectivity index (χ0) is 55.2. The van der Waals surface area contributed by atoms with E-state index >= 15 is 0 Å². The monoisotopic (exact) mass is 1060 g/mol. The molecule has 5 aromatic rings. The Morgan fingerprint density at radius 2 is 1.17 bits per heavy atom. The van der Waals surface area contributed by atoms with Crippen molar-refractivity contribution in [1.29, 1.82) is 0 Å². The standard InChI is InChI=1S/C63H82N2O12/c1-8-9-10-11-12-13-14-15-16-17-18-19-20-21-22-26-41-74-54-43-48(42-45(2)47(54)4)60(69)65-56(67)39-40-64(62(65)70)61-59(73-7)58(77-57(68)38-29-46(3)66)55(76-61)44-75-63(49-27-24-23-25-28-49,50-30-34-52(71-5)35-31-50)51-32-36-53(72-6)37-33-51/h23-25,27-28,30-37,39-40,42-43,55,58-59,61H,8-22,26,29,38,41,44H2,1-7H3/t55-,58+,59?,61-/m1/s1. The van der Waals surface area contributed by atoms with Gasteiger partial charge in [-0.2, -0.15) is 4.57 Å². The van der Waals surface area contributed by atoms with Gasteiger partial charge in [0.2, 0.25) is 0 Å². The van der Waals surface area contributed by atoms with Crippen molar-refractivity contribution in [1.82, 2.24) is 9.13 Å². The second-order valence-corrected chi connectivity index (χ2v) is 20.3. The molecule has 6 rings (SSSR count). The molecular formula is C63H82N2O12. The molecular weight excluding hydrogens is 977 g/mol. The fourth-order valence-electron chi connectivity index (χ4n) is 10.2. The number of rotatable bonds is 33. The van der Waals surface area contributed by atoms with Crippen LogP contribution in [0.4, 0.5) is 0 Å². The maximum Gasteiger partial charge on any atom is 0.340 e. The summed E-state index contributed by atoms with van der Waals surface area (Å²) in [5, 5.41) is 0. The van der Waals surface area contributed by atoms with Crippen LogP contribution in [0.3, 0.4) is 0 Å². The fourth-order valence-corrected chi connectivity index (χ4v) is 10.2. The summed E-state index contributed by atoms with van der Waals surface area (Å²) < 4.78 is 44.9. The number of aryl methyl sites for hydroxylation is 1. The molecule has 0 spiro atoms. The highest BCUT2D eigenvalue weighted by molar-refractivity contribution is 5.96. The van der Waals surface area contributed by atoms with Crippen LogP contribution in [0.15, 0.2) is 113 Å². The van der Waals surface area contributed by atoms with Crippen LogP contribution in [0.5, 0.6) is 17.2 Å². The molecule has 4 atom stereocenters. The molecule has 14 nitrogen and oxygen atoms in total. The lowest BCUT2D eigenvalue weighted by Gasteiger charge is -2.37. The Balaban J connectivity index is 1.20. The van der Waals surface area contributed by atoms with E-state index in [0.717, 1.165) is 57.7 Å². The smallest absolute Gasteiger partial charge is 0.340 e. The number of benzene rings is 4. The Labute approximate surface area is 455 Å². The largest absolute Gasteiger partial charge is 0.497 e. The number of Topliss-reactive ketones (excluding diaryl/α,β-unsaturated/α-hetero) is 1. The van der Waals surface area contributed by atoms with E-state index in [4.69, 9.17) is 33.2 Å².